The number of aromatic nitrogens is 2. The maximum Gasteiger partial charge on any atom is 0.410 e. The summed E-state index contributed by atoms with van der Waals surface area (Å²) in [7, 11) is 1.77. The van der Waals surface area contributed by atoms with Crippen LogP contribution in [0, 0.1) is 0 Å². The number of β-amino-alcohol motifs (C(OH)–C–C–N with tert-alkyl or cyclic N) is 1. The first kappa shape index (κ1) is 12.9. The van der Waals surface area contributed by atoms with Crippen molar-refractivity contribution in [3.63, 3.8) is 0 Å². The Balaban J connectivity index is 1.98. The molecule has 2 rings (SSSR count). The molecule has 0 aromatic carbocycles. The fourth-order valence-electron chi connectivity index (χ4n) is 2.03. The predicted octanol–water partition coefficient (Wildman–Crippen LogP) is 0.858. The number of likely N-dealkylation sites (tertiary alicyclic amines) is 1. The van der Waals surface area contributed by atoms with E-state index in [9.17, 15) is 9.90 Å². The summed E-state index contributed by atoms with van der Waals surface area (Å²) in [5.74, 6) is 0. The Labute approximate surface area is 106 Å². The molecule has 0 radical (unpaired) electrons. The highest BCUT2D eigenvalue weighted by molar-refractivity contribution is 5.69. The molecule has 0 spiro atoms. The van der Waals surface area contributed by atoms with Crippen LogP contribution in [-0.4, -0.2) is 44.6 Å². The monoisotopic (exact) mass is 253 g/mol. The number of hydrogen-bond donors (Lipinski definition) is 1. The molecule has 6 nitrogen and oxygen atoms in total. The van der Waals surface area contributed by atoms with E-state index in [-0.39, 0.29) is 13.1 Å². The molecule has 0 aliphatic carbocycles. The van der Waals surface area contributed by atoms with Crippen LogP contribution in [0.1, 0.15) is 26.5 Å². The van der Waals surface area contributed by atoms with Crippen molar-refractivity contribution in [3.8, 4) is 0 Å². The van der Waals surface area contributed by atoms with Gasteiger partial charge in [-0.3, -0.25) is 4.68 Å². The largest absolute Gasteiger partial charge is 0.444 e. The van der Waals surface area contributed by atoms with Gasteiger partial charge in [-0.2, -0.15) is 5.10 Å². The van der Waals surface area contributed by atoms with E-state index in [0.717, 1.165) is 0 Å². The molecule has 1 fully saturated rings. The summed E-state index contributed by atoms with van der Waals surface area (Å²) in [6.45, 7) is 5.93. The van der Waals surface area contributed by atoms with Crippen LogP contribution in [0.5, 0.6) is 0 Å². The number of amides is 1. The first-order valence-corrected chi connectivity index (χ1v) is 5.90. The summed E-state index contributed by atoms with van der Waals surface area (Å²) in [5.41, 5.74) is -0.818. The van der Waals surface area contributed by atoms with E-state index >= 15 is 0 Å². The van der Waals surface area contributed by atoms with Gasteiger partial charge < -0.3 is 14.7 Å². The molecule has 0 saturated carbocycles. The van der Waals surface area contributed by atoms with Crippen molar-refractivity contribution in [2.45, 2.75) is 32.0 Å². The standard InChI is InChI=1S/C12H19N3O3/c1-11(2,3)18-10(16)15-7-12(17,8-15)9-5-6-13-14(9)4/h5-6,17H,7-8H2,1-4H3. The number of ether oxygens (including phenoxy) is 1. The smallest absolute Gasteiger partial charge is 0.410 e. The number of carbonyl (C=O) groups excluding carboxylic acids is 1. The molecule has 1 aromatic rings. The Morgan fingerprint density at radius 1 is 1.50 bits per heavy atom. The van der Waals surface area contributed by atoms with E-state index < -0.39 is 17.3 Å². The average Bonchev–Trinajstić information content (AvgIpc) is 2.57. The van der Waals surface area contributed by atoms with E-state index in [2.05, 4.69) is 5.10 Å². The lowest BCUT2D eigenvalue weighted by Gasteiger charge is -2.46. The van der Waals surface area contributed by atoms with Crippen LogP contribution in [0.15, 0.2) is 12.3 Å². The summed E-state index contributed by atoms with van der Waals surface area (Å²) in [6.07, 6.45) is 1.23. The summed E-state index contributed by atoms with van der Waals surface area (Å²) < 4.78 is 6.85. The summed E-state index contributed by atoms with van der Waals surface area (Å²) >= 11 is 0. The molecule has 100 valence electrons. The van der Waals surface area contributed by atoms with E-state index in [4.69, 9.17) is 4.74 Å². The first-order valence-electron chi connectivity index (χ1n) is 5.90. The highest BCUT2D eigenvalue weighted by Crippen LogP contribution is 2.32. The molecule has 2 heterocycles. The van der Waals surface area contributed by atoms with Crippen LogP contribution in [0.4, 0.5) is 4.79 Å². The van der Waals surface area contributed by atoms with Crippen molar-refractivity contribution in [1.29, 1.82) is 0 Å². The highest BCUT2D eigenvalue weighted by atomic mass is 16.6. The lowest BCUT2D eigenvalue weighted by atomic mass is 9.91. The van der Waals surface area contributed by atoms with Crippen LogP contribution in [0.3, 0.4) is 0 Å². The molecule has 0 atom stereocenters. The van der Waals surface area contributed by atoms with Crippen LogP contribution in [-0.2, 0) is 17.4 Å². The van der Waals surface area contributed by atoms with Crippen molar-refractivity contribution in [1.82, 2.24) is 14.7 Å². The van der Waals surface area contributed by atoms with Gasteiger partial charge in [0, 0.05) is 13.2 Å². The molecule has 18 heavy (non-hydrogen) atoms. The maximum atomic E-state index is 11.8. The second kappa shape index (κ2) is 3.98. The summed E-state index contributed by atoms with van der Waals surface area (Å²) in [6, 6.07) is 1.76. The molecule has 1 N–H and O–H groups in total. The number of aryl methyl sites for hydroxylation is 1. The van der Waals surface area contributed by atoms with Gasteiger partial charge in [0.25, 0.3) is 0 Å². The van der Waals surface area contributed by atoms with Crippen molar-refractivity contribution in [3.05, 3.63) is 18.0 Å². The molecular weight excluding hydrogens is 234 g/mol. The maximum absolute atomic E-state index is 11.8. The zero-order chi connectivity index (χ0) is 13.6. The third-order valence-corrected chi connectivity index (χ3v) is 2.85. The lowest BCUT2D eigenvalue weighted by Crippen LogP contribution is -2.62. The van der Waals surface area contributed by atoms with Gasteiger partial charge >= 0.3 is 6.09 Å². The first-order chi connectivity index (χ1) is 8.21. The van der Waals surface area contributed by atoms with Gasteiger partial charge in [-0.05, 0) is 26.8 Å². The Morgan fingerprint density at radius 3 is 2.56 bits per heavy atom. The predicted molar refractivity (Wildman–Crippen MR) is 64.9 cm³/mol. The van der Waals surface area contributed by atoms with Crippen molar-refractivity contribution in [2.75, 3.05) is 13.1 Å². The van der Waals surface area contributed by atoms with Gasteiger partial charge in [-0.15, -0.1) is 0 Å². The normalized spacial score (nSPS) is 18.4. The van der Waals surface area contributed by atoms with Crippen LogP contribution in [0.2, 0.25) is 0 Å². The summed E-state index contributed by atoms with van der Waals surface area (Å²) in [4.78, 5) is 13.2. The topological polar surface area (TPSA) is 67.6 Å². The molecule has 1 amide bonds. The summed E-state index contributed by atoms with van der Waals surface area (Å²) in [5, 5.41) is 14.4. The Morgan fingerprint density at radius 2 is 2.11 bits per heavy atom. The number of aliphatic hydroxyl groups is 1. The Kier molecular flexibility index (Phi) is 2.85. The average molecular weight is 253 g/mol. The SMILES string of the molecule is Cn1nccc1C1(O)CN(C(=O)OC(C)(C)C)C1. The highest BCUT2D eigenvalue weighted by Gasteiger charge is 2.48. The quantitative estimate of drug-likeness (QED) is 0.806. The lowest BCUT2D eigenvalue weighted by molar-refractivity contribution is -0.107. The van der Waals surface area contributed by atoms with Gasteiger partial charge in [0.1, 0.15) is 11.2 Å². The molecule has 1 aliphatic heterocycles. The van der Waals surface area contributed by atoms with Crippen molar-refractivity contribution >= 4 is 6.09 Å². The van der Waals surface area contributed by atoms with E-state index in [0.29, 0.717) is 5.69 Å². The second-order valence-electron chi connectivity index (χ2n) is 5.71. The third-order valence-electron chi connectivity index (χ3n) is 2.85. The molecule has 1 saturated heterocycles. The number of hydrogen-bond acceptors (Lipinski definition) is 4. The van der Waals surface area contributed by atoms with Gasteiger partial charge in [0.15, 0.2) is 0 Å². The minimum Gasteiger partial charge on any atom is -0.444 e. The van der Waals surface area contributed by atoms with Gasteiger partial charge in [-0.1, -0.05) is 0 Å². The number of nitrogens with zero attached hydrogens (tertiary/aromatic N) is 3. The minimum atomic E-state index is -1.01. The van der Waals surface area contributed by atoms with Crippen LogP contribution >= 0.6 is 0 Å². The molecular formula is C12H19N3O3. The number of rotatable bonds is 1. The molecule has 0 bridgehead atoms. The minimum absolute atomic E-state index is 0.238. The zero-order valence-corrected chi connectivity index (χ0v) is 11.2. The van der Waals surface area contributed by atoms with E-state index in [1.807, 2.05) is 20.8 Å². The number of carbonyl (C=O) groups is 1. The van der Waals surface area contributed by atoms with E-state index in [1.165, 1.54) is 4.90 Å². The molecule has 6 heteroatoms. The van der Waals surface area contributed by atoms with Crippen LogP contribution < -0.4 is 0 Å². The fourth-order valence-corrected chi connectivity index (χ4v) is 2.03. The van der Waals surface area contributed by atoms with Crippen molar-refractivity contribution < 1.29 is 14.6 Å². The fraction of sp³-hybridized carbons (Fsp3) is 0.667. The van der Waals surface area contributed by atoms with Gasteiger partial charge in [-0.25, -0.2) is 4.79 Å². The second-order valence-corrected chi connectivity index (χ2v) is 5.71. The van der Waals surface area contributed by atoms with Crippen LogP contribution in [0.25, 0.3) is 0 Å². The Hall–Kier alpha value is -1.56. The third kappa shape index (κ3) is 2.33. The van der Waals surface area contributed by atoms with Gasteiger partial charge in [0.2, 0.25) is 0 Å². The Bertz CT molecular complexity index is 455. The molecule has 1 aromatic heterocycles. The zero-order valence-electron chi connectivity index (χ0n) is 11.2. The van der Waals surface area contributed by atoms with E-state index in [1.54, 1.807) is 24.0 Å². The van der Waals surface area contributed by atoms with Crippen molar-refractivity contribution in [2.24, 2.45) is 7.05 Å². The van der Waals surface area contributed by atoms with Gasteiger partial charge in [0.05, 0.1) is 18.8 Å². The molecule has 1 aliphatic rings. The molecule has 0 unspecified atom stereocenters.